The molecule has 2 amide bonds. The lowest BCUT2D eigenvalue weighted by Crippen LogP contribution is -2.43. The van der Waals surface area contributed by atoms with Gasteiger partial charge in [0.2, 0.25) is 10.0 Å². The first-order valence-electron chi connectivity index (χ1n) is 7.84. The van der Waals surface area contributed by atoms with Crippen LogP contribution in [0.5, 0.6) is 0 Å². The standard InChI is InChI=1S/C16H20N4O4S/c1-25(23,24)20-8-6-12(7-9-20)11-18-15(21)16(22)19-14-5-3-2-4-13(14)10-17/h2-5,12H,6-9,11H2,1H3,(H,18,21)(H,19,22). The number of nitriles is 1. The van der Waals surface area contributed by atoms with Crippen molar-refractivity contribution in [1.29, 1.82) is 5.26 Å². The highest BCUT2D eigenvalue weighted by atomic mass is 32.2. The summed E-state index contributed by atoms with van der Waals surface area (Å²) in [6.07, 6.45) is 2.44. The maximum Gasteiger partial charge on any atom is 0.313 e. The van der Waals surface area contributed by atoms with Crippen molar-refractivity contribution in [2.24, 2.45) is 5.92 Å². The molecule has 0 bridgehead atoms. The van der Waals surface area contributed by atoms with Crippen molar-refractivity contribution in [2.75, 3.05) is 31.2 Å². The Morgan fingerprint density at radius 3 is 2.48 bits per heavy atom. The third kappa shape index (κ3) is 5.27. The summed E-state index contributed by atoms with van der Waals surface area (Å²) in [5.74, 6) is -1.49. The van der Waals surface area contributed by atoms with Crippen molar-refractivity contribution >= 4 is 27.5 Å². The maximum atomic E-state index is 11.9. The molecule has 0 aliphatic carbocycles. The maximum absolute atomic E-state index is 11.9. The molecule has 8 nitrogen and oxygen atoms in total. The molecule has 25 heavy (non-hydrogen) atoms. The van der Waals surface area contributed by atoms with Crippen molar-refractivity contribution < 1.29 is 18.0 Å². The molecule has 0 saturated carbocycles. The van der Waals surface area contributed by atoms with Gasteiger partial charge >= 0.3 is 11.8 Å². The predicted molar refractivity (Wildman–Crippen MR) is 91.9 cm³/mol. The molecule has 1 aromatic rings. The van der Waals surface area contributed by atoms with Crippen LogP contribution in [0.15, 0.2) is 24.3 Å². The summed E-state index contributed by atoms with van der Waals surface area (Å²) >= 11 is 0. The molecule has 0 unspecified atom stereocenters. The van der Waals surface area contributed by atoms with Crippen molar-refractivity contribution in [1.82, 2.24) is 9.62 Å². The largest absolute Gasteiger partial charge is 0.348 e. The summed E-state index contributed by atoms with van der Waals surface area (Å²) in [7, 11) is -3.18. The van der Waals surface area contributed by atoms with Crippen LogP contribution in [0, 0.1) is 17.2 Å². The summed E-state index contributed by atoms with van der Waals surface area (Å²) in [5, 5.41) is 13.9. The quantitative estimate of drug-likeness (QED) is 0.744. The molecule has 134 valence electrons. The van der Waals surface area contributed by atoms with Gasteiger partial charge in [0.15, 0.2) is 0 Å². The molecule has 1 aliphatic heterocycles. The van der Waals surface area contributed by atoms with Gasteiger partial charge in [-0.25, -0.2) is 12.7 Å². The number of nitrogens with zero attached hydrogens (tertiary/aromatic N) is 2. The third-order valence-corrected chi connectivity index (χ3v) is 5.40. The summed E-state index contributed by atoms with van der Waals surface area (Å²) in [5.41, 5.74) is 0.559. The smallest absolute Gasteiger partial charge is 0.313 e. The Labute approximate surface area is 146 Å². The number of rotatable bonds is 4. The molecule has 0 radical (unpaired) electrons. The van der Waals surface area contributed by atoms with E-state index in [1.54, 1.807) is 24.3 Å². The fourth-order valence-electron chi connectivity index (χ4n) is 2.63. The molecular weight excluding hydrogens is 344 g/mol. The molecule has 1 heterocycles. The minimum atomic E-state index is -3.18. The van der Waals surface area contributed by atoms with Gasteiger partial charge in [-0.1, -0.05) is 12.1 Å². The van der Waals surface area contributed by atoms with Crippen molar-refractivity contribution in [3.8, 4) is 6.07 Å². The van der Waals surface area contributed by atoms with Crippen LogP contribution in [-0.4, -0.2) is 50.4 Å². The number of carbonyl (C=O) groups excluding carboxylic acids is 2. The van der Waals surface area contributed by atoms with E-state index in [-0.39, 0.29) is 17.2 Å². The third-order valence-electron chi connectivity index (χ3n) is 4.10. The van der Waals surface area contributed by atoms with Crippen LogP contribution >= 0.6 is 0 Å². The van der Waals surface area contributed by atoms with Crippen LogP contribution in [-0.2, 0) is 19.6 Å². The average molecular weight is 364 g/mol. The number of anilines is 1. The second-order valence-electron chi connectivity index (χ2n) is 5.93. The van der Waals surface area contributed by atoms with Crippen molar-refractivity contribution in [3.05, 3.63) is 29.8 Å². The fraction of sp³-hybridized carbons (Fsp3) is 0.438. The molecule has 2 rings (SSSR count). The van der Waals surface area contributed by atoms with E-state index in [0.29, 0.717) is 32.5 Å². The van der Waals surface area contributed by atoms with Gasteiger partial charge in [-0.2, -0.15) is 5.26 Å². The first-order chi connectivity index (χ1) is 11.8. The van der Waals surface area contributed by atoms with E-state index >= 15 is 0 Å². The summed E-state index contributed by atoms with van der Waals surface area (Å²) < 4.78 is 24.3. The Morgan fingerprint density at radius 2 is 1.88 bits per heavy atom. The zero-order valence-electron chi connectivity index (χ0n) is 13.9. The Morgan fingerprint density at radius 1 is 1.24 bits per heavy atom. The second-order valence-corrected chi connectivity index (χ2v) is 7.91. The van der Waals surface area contributed by atoms with E-state index in [4.69, 9.17) is 5.26 Å². The second kappa shape index (κ2) is 8.09. The number of sulfonamides is 1. The molecule has 1 aliphatic rings. The number of benzene rings is 1. The fourth-order valence-corrected chi connectivity index (χ4v) is 3.51. The molecule has 0 aromatic heterocycles. The van der Waals surface area contributed by atoms with E-state index < -0.39 is 21.8 Å². The minimum Gasteiger partial charge on any atom is -0.348 e. The van der Waals surface area contributed by atoms with E-state index in [1.807, 2.05) is 6.07 Å². The summed E-state index contributed by atoms with van der Waals surface area (Å²) in [6, 6.07) is 8.35. The monoisotopic (exact) mass is 364 g/mol. The highest BCUT2D eigenvalue weighted by molar-refractivity contribution is 7.88. The van der Waals surface area contributed by atoms with E-state index in [9.17, 15) is 18.0 Å². The Kier molecular flexibility index (Phi) is 6.12. The van der Waals surface area contributed by atoms with Gasteiger partial charge < -0.3 is 10.6 Å². The normalized spacial score (nSPS) is 16.0. The lowest BCUT2D eigenvalue weighted by Gasteiger charge is -2.30. The summed E-state index contributed by atoms with van der Waals surface area (Å²) in [4.78, 5) is 23.8. The number of hydrogen-bond acceptors (Lipinski definition) is 5. The zero-order chi connectivity index (χ0) is 18.4. The zero-order valence-corrected chi connectivity index (χ0v) is 14.7. The van der Waals surface area contributed by atoms with E-state index in [2.05, 4.69) is 10.6 Å². The SMILES string of the molecule is CS(=O)(=O)N1CCC(CNC(=O)C(=O)Nc2ccccc2C#N)CC1. The number of amides is 2. The van der Waals surface area contributed by atoms with E-state index in [0.717, 1.165) is 0 Å². The number of hydrogen-bond donors (Lipinski definition) is 2. The van der Waals surface area contributed by atoms with Crippen LogP contribution in [0.25, 0.3) is 0 Å². The van der Waals surface area contributed by atoms with Crippen LogP contribution in [0.4, 0.5) is 5.69 Å². The minimum absolute atomic E-state index is 0.126. The molecule has 1 aromatic carbocycles. The van der Waals surface area contributed by atoms with Crippen LogP contribution in [0.3, 0.4) is 0 Å². The highest BCUT2D eigenvalue weighted by Gasteiger charge is 2.25. The molecule has 1 saturated heterocycles. The van der Waals surface area contributed by atoms with Gasteiger partial charge in [-0.15, -0.1) is 0 Å². The van der Waals surface area contributed by atoms with Crippen LogP contribution in [0.1, 0.15) is 18.4 Å². The van der Waals surface area contributed by atoms with Gasteiger partial charge in [-0.3, -0.25) is 9.59 Å². The number of para-hydroxylation sites is 1. The lowest BCUT2D eigenvalue weighted by atomic mass is 9.98. The molecule has 0 atom stereocenters. The molecular formula is C16H20N4O4S. The molecule has 0 spiro atoms. The summed E-state index contributed by atoms with van der Waals surface area (Å²) in [6.45, 7) is 1.14. The van der Waals surface area contributed by atoms with Crippen LogP contribution in [0.2, 0.25) is 0 Å². The Bertz CT molecular complexity index is 793. The first kappa shape index (κ1) is 18.9. The molecule has 9 heteroatoms. The van der Waals surface area contributed by atoms with Crippen molar-refractivity contribution in [2.45, 2.75) is 12.8 Å². The average Bonchev–Trinajstić information content (AvgIpc) is 2.59. The predicted octanol–water partition coefficient (Wildman–Crippen LogP) is 0.285. The molecule has 2 N–H and O–H groups in total. The molecule has 1 fully saturated rings. The lowest BCUT2D eigenvalue weighted by molar-refractivity contribution is -0.136. The number of carbonyl (C=O) groups is 2. The topological polar surface area (TPSA) is 119 Å². The van der Waals surface area contributed by atoms with Gasteiger partial charge in [0.25, 0.3) is 0 Å². The van der Waals surface area contributed by atoms with Gasteiger partial charge in [0.1, 0.15) is 6.07 Å². The van der Waals surface area contributed by atoms with Gasteiger partial charge in [-0.05, 0) is 30.9 Å². The van der Waals surface area contributed by atoms with Crippen LogP contribution < -0.4 is 10.6 Å². The van der Waals surface area contributed by atoms with Crippen molar-refractivity contribution in [3.63, 3.8) is 0 Å². The highest BCUT2D eigenvalue weighted by Crippen LogP contribution is 2.18. The first-order valence-corrected chi connectivity index (χ1v) is 9.69. The Hall–Kier alpha value is -2.44. The van der Waals surface area contributed by atoms with E-state index in [1.165, 1.54) is 10.6 Å². The van der Waals surface area contributed by atoms with Gasteiger partial charge in [0.05, 0.1) is 17.5 Å². The van der Waals surface area contributed by atoms with Gasteiger partial charge in [0, 0.05) is 19.6 Å². The number of nitrogens with one attached hydrogen (secondary N) is 2. The number of piperidine rings is 1. The Balaban J connectivity index is 1.81.